The topological polar surface area (TPSA) is 87.1 Å². The van der Waals surface area contributed by atoms with Crippen LogP contribution in [0, 0.1) is 23.7 Å². The van der Waals surface area contributed by atoms with Crippen molar-refractivity contribution in [2.24, 2.45) is 23.7 Å². The van der Waals surface area contributed by atoms with Gasteiger partial charge >= 0.3 is 7.12 Å². The van der Waals surface area contributed by atoms with Gasteiger partial charge < -0.3 is 14.8 Å². The Morgan fingerprint density at radius 2 is 1.87 bits per heavy atom. The third-order valence-electron chi connectivity index (χ3n) is 8.38. The Kier molecular flexibility index (Phi) is 7.60. The molecular formula is C31H36BNO5. The lowest BCUT2D eigenvalue weighted by Gasteiger charge is -2.44. The quantitative estimate of drug-likeness (QED) is 0.285. The van der Waals surface area contributed by atoms with Crippen LogP contribution in [0.3, 0.4) is 0 Å². The molecule has 0 unspecified atom stereocenters. The molecule has 2 aliphatic heterocycles. The molecule has 5 rings (SSSR count). The first-order chi connectivity index (χ1) is 18.3. The number of allylic oxidation sites excluding steroid dienone is 2. The smallest absolute Gasteiger partial charge is 0.455 e. The number of hydrogen-bond acceptors (Lipinski definition) is 5. The number of aromatic hydroxyl groups is 1. The van der Waals surface area contributed by atoms with Crippen molar-refractivity contribution >= 4 is 30.7 Å². The lowest BCUT2D eigenvalue weighted by Crippen LogP contribution is -2.46. The van der Waals surface area contributed by atoms with E-state index < -0.39 is 19.0 Å². The molecule has 38 heavy (non-hydrogen) atoms. The number of anilines is 1. The molecular weight excluding hydrogens is 477 g/mol. The molecule has 2 fully saturated rings. The molecule has 0 bridgehead atoms. The van der Waals surface area contributed by atoms with Crippen LogP contribution in [-0.2, 0) is 14.2 Å². The number of nitrogens with zero attached hydrogens (tertiary/aromatic N) is 1. The minimum atomic E-state index is -0.977. The molecule has 0 saturated carbocycles. The van der Waals surface area contributed by atoms with E-state index in [-0.39, 0.29) is 35.5 Å². The number of imide groups is 1. The maximum absolute atomic E-state index is 13.8. The highest BCUT2D eigenvalue weighted by atomic mass is 16.5. The highest BCUT2D eigenvalue weighted by molar-refractivity contribution is 6.43. The maximum Gasteiger partial charge on any atom is 0.455 e. The minimum Gasteiger partial charge on any atom is -0.508 e. The Hall–Kier alpha value is -3.16. The van der Waals surface area contributed by atoms with Crippen LogP contribution in [0.25, 0.3) is 6.08 Å². The summed E-state index contributed by atoms with van der Waals surface area (Å²) < 4.78 is 6.14. The number of carbonyl (C=O) groups is 2. The van der Waals surface area contributed by atoms with Crippen LogP contribution in [0.1, 0.15) is 52.0 Å². The van der Waals surface area contributed by atoms with E-state index in [4.69, 9.17) is 4.65 Å². The molecule has 0 spiro atoms. The first kappa shape index (κ1) is 26.5. The predicted molar refractivity (Wildman–Crippen MR) is 149 cm³/mol. The predicted octanol–water partition coefficient (Wildman–Crippen LogP) is 5.62. The number of benzene rings is 2. The van der Waals surface area contributed by atoms with Crippen LogP contribution in [0.5, 0.6) is 5.75 Å². The van der Waals surface area contributed by atoms with Gasteiger partial charge in [-0.1, -0.05) is 68.3 Å². The molecule has 4 atom stereocenters. The molecule has 198 valence electrons. The second kappa shape index (κ2) is 10.9. The van der Waals surface area contributed by atoms with Gasteiger partial charge in [0.15, 0.2) is 0 Å². The molecule has 2 aromatic carbocycles. The molecule has 7 heteroatoms. The zero-order valence-electron chi connectivity index (χ0n) is 22.3. The Morgan fingerprint density at radius 3 is 2.55 bits per heavy atom. The molecule has 0 aromatic heterocycles. The standard InChI is InChI=1S/C31H36BNO5/c1-4-20(15-21-9-8-12-23(34)16-21)13-14-27-28-24(19(2)3)17-25-29(26(28)18-32(37)38-27)31(36)33(30(25)35)22-10-6-5-7-11-22/h5-12,15-16,19,25-27,29,34,37H,4,13-14,17-18H2,1-3H3/b20-15+/t25-,26+,27-,29-/m1/s1. The fraction of sp³-hybridized carbons (Fsp3) is 0.419. The molecule has 1 aliphatic carbocycles. The highest BCUT2D eigenvalue weighted by Gasteiger charge is 2.57. The van der Waals surface area contributed by atoms with Gasteiger partial charge in [0.05, 0.1) is 23.6 Å². The van der Waals surface area contributed by atoms with Crippen molar-refractivity contribution in [3.63, 3.8) is 0 Å². The Morgan fingerprint density at radius 1 is 1.11 bits per heavy atom. The molecule has 2 N–H and O–H groups in total. The minimum absolute atomic E-state index is 0.136. The Labute approximate surface area is 225 Å². The number of amides is 2. The molecule has 2 saturated heterocycles. The van der Waals surface area contributed by atoms with Crippen molar-refractivity contribution < 1.29 is 24.4 Å². The van der Waals surface area contributed by atoms with Crippen LogP contribution in [0.15, 0.2) is 71.3 Å². The molecule has 0 radical (unpaired) electrons. The zero-order valence-corrected chi connectivity index (χ0v) is 22.3. The van der Waals surface area contributed by atoms with E-state index in [0.717, 1.165) is 24.0 Å². The number of carbonyl (C=O) groups excluding carboxylic acids is 2. The fourth-order valence-electron chi connectivity index (χ4n) is 6.60. The average molecular weight is 513 g/mol. The average Bonchev–Trinajstić information content (AvgIpc) is 3.15. The van der Waals surface area contributed by atoms with Gasteiger partial charge in [-0.3, -0.25) is 14.5 Å². The van der Waals surface area contributed by atoms with Crippen molar-refractivity contribution in [2.75, 3.05) is 4.90 Å². The SMILES string of the molecule is CC/C(=C\c1cccc(O)c1)CC[C@H]1OB(O)C[C@H]2C1=C(C(C)C)C[C@H]1C(=O)N(c3ccccc3)C(=O)[C@H]12. The molecule has 2 amide bonds. The van der Waals surface area contributed by atoms with Crippen molar-refractivity contribution in [3.8, 4) is 5.75 Å². The maximum atomic E-state index is 13.8. The normalized spacial score (nSPS) is 25.8. The van der Waals surface area contributed by atoms with E-state index >= 15 is 0 Å². The summed E-state index contributed by atoms with van der Waals surface area (Å²) in [5, 5.41) is 20.6. The van der Waals surface area contributed by atoms with Crippen molar-refractivity contribution in [1.29, 1.82) is 0 Å². The van der Waals surface area contributed by atoms with Crippen LogP contribution in [-0.4, -0.2) is 35.2 Å². The lowest BCUT2D eigenvalue weighted by atomic mass is 9.57. The summed E-state index contributed by atoms with van der Waals surface area (Å²) in [5.41, 5.74) is 5.09. The lowest BCUT2D eigenvalue weighted by molar-refractivity contribution is -0.122. The third kappa shape index (κ3) is 4.97. The van der Waals surface area contributed by atoms with E-state index in [0.29, 0.717) is 24.8 Å². The molecule has 2 heterocycles. The van der Waals surface area contributed by atoms with E-state index in [1.807, 2.05) is 30.3 Å². The number of rotatable bonds is 7. The van der Waals surface area contributed by atoms with Gasteiger partial charge in [0.1, 0.15) is 5.75 Å². The van der Waals surface area contributed by atoms with Crippen LogP contribution in [0.4, 0.5) is 5.69 Å². The van der Waals surface area contributed by atoms with Gasteiger partial charge in [-0.05, 0) is 79.2 Å². The number of fused-ring (bicyclic) bond motifs is 3. The van der Waals surface area contributed by atoms with Gasteiger partial charge in [-0.15, -0.1) is 0 Å². The van der Waals surface area contributed by atoms with Gasteiger partial charge in [0, 0.05) is 0 Å². The Balaban J connectivity index is 1.45. The van der Waals surface area contributed by atoms with Crippen molar-refractivity contribution in [1.82, 2.24) is 0 Å². The summed E-state index contributed by atoms with van der Waals surface area (Å²) in [6.07, 6.45) is 4.97. The summed E-state index contributed by atoms with van der Waals surface area (Å²) in [7, 11) is -0.977. The summed E-state index contributed by atoms with van der Waals surface area (Å²) in [5.74, 6) is -0.959. The number of hydrogen-bond donors (Lipinski definition) is 2. The van der Waals surface area contributed by atoms with E-state index in [2.05, 4.69) is 26.8 Å². The van der Waals surface area contributed by atoms with Crippen molar-refractivity contribution in [3.05, 3.63) is 76.9 Å². The monoisotopic (exact) mass is 513 g/mol. The van der Waals surface area contributed by atoms with Gasteiger partial charge in [-0.2, -0.15) is 0 Å². The summed E-state index contributed by atoms with van der Waals surface area (Å²) >= 11 is 0. The van der Waals surface area contributed by atoms with Crippen LogP contribution < -0.4 is 4.90 Å². The van der Waals surface area contributed by atoms with Gasteiger partial charge in [0.25, 0.3) is 0 Å². The first-order valence-corrected chi connectivity index (χ1v) is 13.8. The first-order valence-electron chi connectivity index (χ1n) is 13.8. The van der Waals surface area contributed by atoms with E-state index in [9.17, 15) is 19.7 Å². The summed E-state index contributed by atoms with van der Waals surface area (Å²) in [6, 6.07) is 16.4. The number of phenols is 1. The van der Waals surface area contributed by atoms with Crippen LogP contribution in [0.2, 0.25) is 6.32 Å². The number of phenolic OH excluding ortho intramolecular Hbond substituents is 1. The van der Waals surface area contributed by atoms with Gasteiger partial charge in [0.2, 0.25) is 11.8 Å². The molecule has 3 aliphatic rings. The summed E-state index contributed by atoms with van der Waals surface area (Å²) in [6.45, 7) is 6.38. The number of para-hydroxylation sites is 1. The fourth-order valence-corrected chi connectivity index (χ4v) is 6.60. The molecule has 2 aromatic rings. The second-order valence-corrected chi connectivity index (χ2v) is 11.0. The van der Waals surface area contributed by atoms with Crippen LogP contribution >= 0.6 is 0 Å². The second-order valence-electron chi connectivity index (χ2n) is 11.0. The van der Waals surface area contributed by atoms with Crippen molar-refractivity contribution in [2.45, 2.75) is 58.9 Å². The highest BCUT2D eigenvalue weighted by Crippen LogP contribution is 2.52. The van der Waals surface area contributed by atoms with Gasteiger partial charge in [-0.25, -0.2) is 0 Å². The van der Waals surface area contributed by atoms with E-state index in [1.54, 1.807) is 24.3 Å². The molecule has 6 nitrogen and oxygen atoms in total. The van der Waals surface area contributed by atoms with E-state index in [1.165, 1.54) is 16.0 Å². The zero-order chi connectivity index (χ0) is 27.0. The third-order valence-corrected chi connectivity index (χ3v) is 8.38. The Bertz CT molecular complexity index is 1270. The largest absolute Gasteiger partial charge is 0.508 e. The summed E-state index contributed by atoms with van der Waals surface area (Å²) in [4.78, 5) is 28.7.